The molecular formula is C16H25N3O3S. The van der Waals surface area contributed by atoms with Crippen molar-refractivity contribution in [3.8, 4) is 0 Å². The van der Waals surface area contributed by atoms with Gasteiger partial charge >= 0.3 is 0 Å². The van der Waals surface area contributed by atoms with Crippen LogP contribution in [-0.4, -0.2) is 45.4 Å². The van der Waals surface area contributed by atoms with Crippen molar-refractivity contribution in [1.82, 2.24) is 10.2 Å². The molecule has 1 aromatic rings. The molecule has 1 heterocycles. The molecule has 0 radical (unpaired) electrons. The van der Waals surface area contributed by atoms with Gasteiger partial charge in [-0.1, -0.05) is 19.1 Å². The molecular weight excluding hydrogens is 314 g/mol. The minimum atomic E-state index is -3.65. The molecule has 0 atom stereocenters. The Morgan fingerprint density at radius 1 is 1.26 bits per heavy atom. The average Bonchev–Trinajstić information content (AvgIpc) is 2.49. The Balaban J connectivity index is 1.71. The van der Waals surface area contributed by atoms with Crippen molar-refractivity contribution in [2.45, 2.75) is 31.1 Å². The number of benzene rings is 1. The number of carbonyl (C=O) groups is 1. The van der Waals surface area contributed by atoms with Crippen LogP contribution in [0.4, 0.5) is 0 Å². The predicted molar refractivity (Wildman–Crippen MR) is 89.4 cm³/mol. The first-order valence-corrected chi connectivity index (χ1v) is 9.50. The van der Waals surface area contributed by atoms with Gasteiger partial charge in [0.2, 0.25) is 15.9 Å². The van der Waals surface area contributed by atoms with Crippen LogP contribution in [0.15, 0.2) is 29.2 Å². The van der Waals surface area contributed by atoms with Crippen molar-refractivity contribution >= 4 is 15.9 Å². The predicted octanol–water partition coefficient (Wildman–Crippen LogP) is 0.725. The van der Waals surface area contributed by atoms with Crippen LogP contribution >= 0.6 is 0 Å². The average molecular weight is 339 g/mol. The van der Waals surface area contributed by atoms with E-state index in [2.05, 4.69) is 17.1 Å². The van der Waals surface area contributed by atoms with Crippen LogP contribution in [0.2, 0.25) is 0 Å². The van der Waals surface area contributed by atoms with Gasteiger partial charge in [-0.05, 0) is 56.0 Å². The number of amides is 1. The van der Waals surface area contributed by atoms with Gasteiger partial charge in [-0.2, -0.15) is 0 Å². The third-order valence-electron chi connectivity index (χ3n) is 4.23. The highest BCUT2D eigenvalue weighted by Gasteiger charge is 2.17. The summed E-state index contributed by atoms with van der Waals surface area (Å²) in [6, 6.07) is 6.42. The van der Waals surface area contributed by atoms with Crippen molar-refractivity contribution in [2.24, 2.45) is 11.1 Å². The van der Waals surface area contributed by atoms with Gasteiger partial charge in [-0.25, -0.2) is 13.6 Å². The Kier molecular flexibility index (Phi) is 6.15. The van der Waals surface area contributed by atoms with Crippen LogP contribution in [-0.2, 0) is 21.2 Å². The fourth-order valence-corrected chi connectivity index (χ4v) is 3.19. The number of hydrogen-bond donors (Lipinski definition) is 2. The minimum absolute atomic E-state index is 0.0423. The molecule has 128 valence electrons. The van der Waals surface area contributed by atoms with Crippen molar-refractivity contribution < 1.29 is 13.2 Å². The second-order valence-electron chi connectivity index (χ2n) is 6.25. The summed E-state index contributed by atoms with van der Waals surface area (Å²) in [5.74, 6) is 0.801. The maximum Gasteiger partial charge on any atom is 0.238 e. The summed E-state index contributed by atoms with van der Waals surface area (Å²) in [7, 11) is -3.65. The third-order valence-corrected chi connectivity index (χ3v) is 5.16. The smallest absolute Gasteiger partial charge is 0.238 e. The van der Waals surface area contributed by atoms with Crippen molar-refractivity contribution in [2.75, 3.05) is 26.2 Å². The molecule has 0 saturated carbocycles. The number of nitrogens with one attached hydrogen (secondary N) is 1. The van der Waals surface area contributed by atoms with Crippen LogP contribution in [0.25, 0.3) is 0 Å². The first-order valence-electron chi connectivity index (χ1n) is 7.95. The van der Waals surface area contributed by atoms with E-state index in [1.807, 2.05) is 0 Å². The zero-order valence-corrected chi connectivity index (χ0v) is 14.3. The number of likely N-dealkylation sites (tertiary alicyclic amines) is 1. The van der Waals surface area contributed by atoms with E-state index in [9.17, 15) is 13.2 Å². The lowest BCUT2D eigenvalue weighted by atomic mass is 9.99. The number of nitrogens with zero attached hydrogens (tertiary/aromatic N) is 1. The van der Waals surface area contributed by atoms with E-state index in [1.165, 1.54) is 12.1 Å². The number of hydrogen-bond acceptors (Lipinski definition) is 4. The first kappa shape index (κ1) is 17.9. The van der Waals surface area contributed by atoms with Gasteiger partial charge in [0.25, 0.3) is 0 Å². The molecule has 23 heavy (non-hydrogen) atoms. The van der Waals surface area contributed by atoms with Gasteiger partial charge < -0.3 is 5.32 Å². The summed E-state index contributed by atoms with van der Waals surface area (Å²) in [4.78, 5) is 14.2. The largest absolute Gasteiger partial charge is 0.355 e. The Bertz CT molecular complexity index is 620. The third kappa shape index (κ3) is 5.93. The number of primary sulfonamides is 1. The highest BCUT2D eigenvalue weighted by atomic mass is 32.2. The zero-order valence-electron chi connectivity index (χ0n) is 13.5. The van der Waals surface area contributed by atoms with E-state index in [1.54, 1.807) is 12.1 Å². The van der Waals surface area contributed by atoms with E-state index in [4.69, 9.17) is 5.14 Å². The molecule has 1 fully saturated rings. The van der Waals surface area contributed by atoms with Gasteiger partial charge in [0, 0.05) is 6.54 Å². The number of rotatable bonds is 6. The summed E-state index contributed by atoms with van der Waals surface area (Å²) in [5, 5.41) is 7.97. The molecule has 1 aliphatic rings. The number of nitrogens with two attached hydrogens (primary N) is 1. The summed E-state index contributed by atoms with van der Waals surface area (Å²) >= 11 is 0. The monoisotopic (exact) mass is 339 g/mol. The summed E-state index contributed by atoms with van der Waals surface area (Å²) in [6.45, 7) is 5.22. The second kappa shape index (κ2) is 7.90. The Labute approximate surface area is 138 Å². The van der Waals surface area contributed by atoms with Crippen LogP contribution in [0.5, 0.6) is 0 Å². The van der Waals surface area contributed by atoms with E-state index in [-0.39, 0.29) is 10.8 Å². The molecule has 1 aliphatic heterocycles. The van der Waals surface area contributed by atoms with Crippen molar-refractivity contribution in [1.29, 1.82) is 0 Å². The van der Waals surface area contributed by atoms with Gasteiger partial charge in [-0.3, -0.25) is 9.69 Å². The lowest BCUT2D eigenvalue weighted by molar-refractivity contribution is -0.122. The van der Waals surface area contributed by atoms with Crippen molar-refractivity contribution in [3.05, 3.63) is 29.8 Å². The molecule has 0 aliphatic carbocycles. The molecule has 0 unspecified atom stereocenters. The van der Waals surface area contributed by atoms with Crippen LogP contribution in [0.3, 0.4) is 0 Å². The van der Waals surface area contributed by atoms with Crippen LogP contribution < -0.4 is 10.5 Å². The molecule has 1 amide bonds. The Morgan fingerprint density at radius 2 is 1.87 bits per heavy atom. The highest BCUT2D eigenvalue weighted by molar-refractivity contribution is 7.89. The normalized spacial score (nSPS) is 17.1. The number of sulfonamides is 1. The molecule has 1 aromatic carbocycles. The summed E-state index contributed by atoms with van der Waals surface area (Å²) in [6.07, 6.45) is 2.97. The highest BCUT2D eigenvalue weighted by Crippen LogP contribution is 2.15. The van der Waals surface area contributed by atoms with Gasteiger partial charge in [0.1, 0.15) is 0 Å². The Morgan fingerprint density at radius 3 is 2.43 bits per heavy atom. The quantitative estimate of drug-likeness (QED) is 0.799. The standard InChI is InChI=1S/C16H25N3O3S/c1-13-7-10-19(11-8-13)12-16(20)18-9-6-14-2-4-15(5-3-14)23(17,21)22/h2-5,13H,6-12H2,1H3,(H,18,20)(H2,17,21,22). The van der Waals surface area contributed by atoms with E-state index >= 15 is 0 Å². The fraction of sp³-hybridized carbons (Fsp3) is 0.562. The molecule has 6 nitrogen and oxygen atoms in total. The Hall–Kier alpha value is -1.44. The lowest BCUT2D eigenvalue weighted by Gasteiger charge is -2.29. The lowest BCUT2D eigenvalue weighted by Crippen LogP contribution is -2.41. The first-order chi connectivity index (χ1) is 10.8. The van der Waals surface area contributed by atoms with Gasteiger partial charge in [0.05, 0.1) is 11.4 Å². The number of carbonyl (C=O) groups excluding carboxylic acids is 1. The van der Waals surface area contributed by atoms with E-state index in [0.717, 1.165) is 37.4 Å². The topological polar surface area (TPSA) is 92.5 Å². The number of piperidine rings is 1. The zero-order chi connectivity index (χ0) is 16.9. The van der Waals surface area contributed by atoms with Crippen LogP contribution in [0, 0.1) is 5.92 Å². The van der Waals surface area contributed by atoms with E-state index < -0.39 is 10.0 Å². The SMILES string of the molecule is CC1CCN(CC(=O)NCCc2ccc(S(N)(=O)=O)cc2)CC1. The molecule has 0 bridgehead atoms. The maximum atomic E-state index is 11.9. The van der Waals surface area contributed by atoms with E-state index in [0.29, 0.717) is 19.5 Å². The summed E-state index contributed by atoms with van der Waals surface area (Å²) < 4.78 is 22.3. The molecule has 1 saturated heterocycles. The molecule has 7 heteroatoms. The summed E-state index contributed by atoms with van der Waals surface area (Å²) in [5.41, 5.74) is 0.962. The van der Waals surface area contributed by atoms with Gasteiger partial charge in [0.15, 0.2) is 0 Å². The minimum Gasteiger partial charge on any atom is -0.355 e. The van der Waals surface area contributed by atoms with Crippen molar-refractivity contribution in [3.63, 3.8) is 0 Å². The maximum absolute atomic E-state index is 11.9. The molecule has 0 spiro atoms. The molecule has 2 rings (SSSR count). The second-order valence-corrected chi connectivity index (χ2v) is 7.81. The molecule has 3 N–H and O–H groups in total. The van der Waals surface area contributed by atoms with Gasteiger partial charge in [-0.15, -0.1) is 0 Å². The molecule has 0 aromatic heterocycles. The fourth-order valence-electron chi connectivity index (χ4n) is 2.67. The van der Waals surface area contributed by atoms with Crippen LogP contribution in [0.1, 0.15) is 25.3 Å².